The van der Waals surface area contributed by atoms with Crippen molar-refractivity contribution in [2.45, 2.75) is 6.43 Å². The average molecular weight is 248 g/mol. The molecule has 2 aromatic rings. The Kier molecular flexibility index (Phi) is 3.37. The molecule has 2 aromatic carbocycles. The van der Waals surface area contributed by atoms with Gasteiger partial charge in [0, 0.05) is 11.6 Å². The molecule has 92 valence electrons. The number of halogens is 2. The minimum absolute atomic E-state index is 0.363. The number of allylic oxidation sites excluding steroid dienone is 1. The minimum Gasteiger partial charge on any atom is -0.507 e. The summed E-state index contributed by atoms with van der Waals surface area (Å²) in [7, 11) is 0. The Labute approximate surface area is 102 Å². The number of alkyl halides is 2. The highest BCUT2D eigenvalue weighted by Gasteiger charge is 2.14. The van der Waals surface area contributed by atoms with E-state index in [9.17, 15) is 18.7 Å². The van der Waals surface area contributed by atoms with Crippen LogP contribution in [0, 0.1) is 0 Å². The maximum absolute atomic E-state index is 12.1. The largest absolute Gasteiger partial charge is 0.507 e. The molecule has 18 heavy (non-hydrogen) atoms. The van der Waals surface area contributed by atoms with Crippen molar-refractivity contribution in [1.82, 2.24) is 0 Å². The van der Waals surface area contributed by atoms with Gasteiger partial charge in [0.25, 0.3) is 6.43 Å². The first-order valence-electron chi connectivity index (χ1n) is 5.30. The van der Waals surface area contributed by atoms with Gasteiger partial charge in [0.1, 0.15) is 5.76 Å². The van der Waals surface area contributed by atoms with E-state index in [2.05, 4.69) is 0 Å². The van der Waals surface area contributed by atoms with E-state index in [1.807, 2.05) is 18.2 Å². The van der Waals surface area contributed by atoms with Crippen LogP contribution < -0.4 is 0 Å². The van der Waals surface area contributed by atoms with Crippen LogP contribution in [-0.4, -0.2) is 17.3 Å². The first kappa shape index (κ1) is 12.2. The number of fused-ring (bicyclic) bond motifs is 1. The summed E-state index contributed by atoms with van der Waals surface area (Å²) in [4.78, 5) is 10.9. The fourth-order valence-electron chi connectivity index (χ4n) is 1.72. The highest BCUT2D eigenvalue weighted by Crippen LogP contribution is 2.23. The van der Waals surface area contributed by atoms with Crippen LogP contribution in [0.4, 0.5) is 8.78 Å². The van der Waals surface area contributed by atoms with E-state index in [1.165, 1.54) is 0 Å². The Morgan fingerprint density at radius 2 is 1.78 bits per heavy atom. The second-order valence-electron chi connectivity index (χ2n) is 3.76. The molecule has 0 aliphatic rings. The average Bonchev–Trinajstić information content (AvgIpc) is 2.37. The van der Waals surface area contributed by atoms with Gasteiger partial charge in [-0.15, -0.1) is 0 Å². The lowest BCUT2D eigenvalue weighted by Gasteiger charge is -2.05. The molecule has 0 heterocycles. The van der Waals surface area contributed by atoms with Gasteiger partial charge in [-0.25, -0.2) is 8.78 Å². The van der Waals surface area contributed by atoms with Crippen molar-refractivity contribution in [2.75, 3.05) is 0 Å². The summed E-state index contributed by atoms with van der Waals surface area (Å²) in [6, 6.07) is 12.3. The van der Waals surface area contributed by atoms with Crippen molar-refractivity contribution in [3.8, 4) is 0 Å². The van der Waals surface area contributed by atoms with Crippen LogP contribution in [0.25, 0.3) is 16.5 Å². The molecule has 0 aromatic heterocycles. The molecule has 0 spiro atoms. The molecule has 0 saturated carbocycles. The molecule has 1 N–H and O–H groups in total. The molecule has 0 amide bonds. The van der Waals surface area contributed by atoms with Gasteiger partial charge in [-0.3, -0.25) is 4.79 Å². The van der Waals surface area contributed by atoms with E-state index in [-0.39, 0.29) is 0 Å². The van der Waals surface area contributed by atoms with Crippen molar-refractivity contribution in [3.05, 3.63) is 54.1 Å². The molecule has 0 fully saturated rings. The predicted molar refractivity (Wildman–Crippen MR) is 65.6 cm³/mol. The SMILES string of the molecule is O=C(/C=C(\O)c1cccc2ccccc12)C(F)F. The molecule has 0 radical (unpaired) electrons. The molecule has 0 aliphatic heterocycles. The molecule has 2 rings (SSSR count). The third-order valence-electron chi connectivity index (χ3n) is 2.56. The maximum atomic E-state index is 12.1. The zero-order valence-electron chi connectivity index (χ0n) is 9.31. The molecule has 0 bridgehead atoms. The minimum atomic E-state index is -3.11. The van der Waals surface area contributed by atoms with Crippen molar-refractivity contribution in [1.29, 1.82) is 0 Å². The van der Waals surface area contributed by atoms with Gasteiger partial charge in [-0.1, -0.05) is 42.5 Å². The fourth-order valence-corrected chi connectivity index (χ4v) is 1.72. The van der Waals surface area contributed by atoms with Gasteiger partial charge < -0.3 is 5.11 Å². The first-order valence-corrected chi connectivity index (χ1v) is 5.30. The van der Waals surface area contributed by atoms with E-state index in [4.69, 9.17) is 0 Å². The molecule has 0 atom stereocenters. The predicted octanol–water partition coefficient (Wildman–Crippen LogP) is 3.57. The van der Waals surface area contributed by atoms with Crippen molar-refractivity contribution >= 4 is 22.3 Å². The summed E-state index contributed by atoms with van der Waals surface area (Å²) in [5.41, 5.74) is 0.363. The van der Waals surface area contributed by atoms with Crippen molar-refractivity contribution in [3.63, 3.8) is 0 Å². The monoisotopic (exact) mass is 248 g/mol. The molecule has 0 aliphatic carbocycles. The standard InChI is InChI=1S/C14H10F2O2/c15-14(16)13(18)8-12(17)11-7-3-5-9-4-1-2-6-10(9)11/h1-8,14,17H/b12-8-. The Balaban J connectivity index is 2.51. The van der Waals surface area contributed by atoms with Crippen LogP contribution in [-0.2, 0) is 4.79 Å². The third-order valence-corrected chi connectivity index (χ3v) is 2.56. The molecule has 4 heteroatoms. The summed E-state index contributed by atoms with van der Waals surface area (Å²) in [6.45, 7) is 0. The molecule has 0 saturated heterocycles. The van der Waals surface area contributed by atoms with Gasteiger partial charge in [-0.05, 0) is 10.8 Å². The van der Waals surface area contributed by atoms with Gasteiger partial charge in [0.2, 0.25) is 5.78 Å². The number of carbonyl (C=O) groups excluding carboxylic acids is 1. The summed E-state index contributed by atoms with van der Waals surface area (Å²) in [6.07, 6.45) is -2.55. The topological polar surface area (TPSA) is 37.3 Å². The lowest BCUT2D eigenvalue weighted by molar-refractivity contribution is -0.124. The van der Waals surface area contributed by atoms with Gasteiger partial charge in [-0.2, -0.15) is 0 Å². The first-order chi connectivity index (χ1) is 8.59. The Morgan fingerprint density at radius 1 is 1.11 bits per heavy atom. The highest BCUT2D eigenvalue weighted by molar-refractivity contribution is 6.01. The summed E-state index contributed by atoms with van der Waals surface area (Å²) >= 11 is 0. The third kappa shape index (κ3) is 2.37. The zero-order valence-corrected chi connectivity index (χ0v) is 9.31. The van der Waals surface area contributed by atoms with Gasteiger partial charge in [0.05, 0.1) is 0 Å². The summed E-state index contributed by atoms with van der Waals surface area (Å²) < 4.78 is 24.2. The van der Waals surface area contributed by atoms with Gasteiger partial charge >= 0.3 is 0 Å². The number of rotatable bonds is 3. The van der Waals surface area contributed by atoms with Crippen LogP contribution in [0.5, 0.6) is 0 Å². The van der Waals surface area contributed by atoms with E-state index in [0.29, 0.717) is 17.0 Å². The number of ketones is 1. The molecular weight excluding hydrogens is 238 g/mol. The van der Waals surface area contributed by atoms with Gasteiger partial charge in [0.15, 0.2) is 0 Å². The van der Waals surface area contributed by atoms with Crippen LogP contribution in [0.2, 0.25) is 0 Å². The van der Waals surface area contributed by atoms with Crippen LogP contribution >= 0.6 is 0 Å². The lowest BCUT2D eigenvalue weighted by atomic mass is 10.0. The quantitative estimate of drug-likeness (QED) is 0.666. The number of hydrogen-bond donors (Lipinski definition) is 1. The number of carbonyl (C=O) groups is 1. The summed E-state index contributed by atoms with van der Waals surface area (Å²) in [5, 5.41) is 11.3. The lowest BCUT2D eigenvalue weighted by Crippen LogP contribution is -2.06. The fraction of sp³-hybridized carbons (Fsp3) is 0.0714. The molecule has 0 unspecified atom stereocenters. The Hall–Kier alpha value is -2.23. The number of hydrogen-bond acceptors (Lipinski definition) is 2. The zero-order chi connectivity index (χ0) is 13.1. The number of aliphatic hydroxyl groups excluding tert-OH is 1. The van der Waals surface area contributed by atoms with E-state index in [1.54, 1.807) is 24.3 Å². The molecular formula is C14H10F2O2. The highest BCUT2D eigenvalue weighted by atomic mass is 19.3. The van der Waals surface area contributed by atoms with Crippen LogP contribution in [0.15, 0.2) is 48.5 Å². The smallest absolute Gasteiger partial charge is 0.300 e. The number of aliphatic hydroxyl groups is 1. The van der Waals surface area contributed by atoms with E-state index >= 15 is 0 Å². The normalized spacial score (nSPS) is 12.1. The molecule has 2 nitrogen and oxygen atoms in total. The number of benzene rings is 2. The summed E-state index contributed by atoms with van der Waals surface area (Å²) in [5.74, 6) is -1.85. The van der Waals surface area contributed by atoms with Crippen LogP contribution in [0.3, 0.4) is 0 Å². The van der Waals surface area contributed by atoms with E-state index < -0.39 is 18.0 Å². The Bertz CT molecular complexity index is 613. The van der Waals surface area contributed by atoms with Crippen molar-refractivity contribution in [2.24, 2.45) is 0 Å². The van der Waals surface area contributed by atoms with E-state index in [0.717, 1.165) is 5.39 Å². The second kappa shape index (κ2) is 4.96. The van der Waals surface area contributed by atoms with Crippen molar-refractivity contribution < 1.29 is 18.7 Å². The Morgan fingerprint density at radius 3 is 2.50 bits per heavy atom. The van der Waals surface area contributed by atoms with Crippen LogP contribution in [0.1, 0.15) is 5.56 Å². The maximum Gasteiger partial charge on any atom is 0.300 e. The second-order valence-corrected chi connectivity index (χ2v) is 3.76.